The zero-order valence-corrected chi connectivity index (χ0v) is 7.17. The minimum absolute atomic E-state index is 0.491. The van der Waals surface area contributed by atoms with Crippen molar-refractivity contribution < 1.29 is 4.42 Å². The molecule has 2 aromatic heterocycles. The van der Waals surface area contributed by atoms with Crippen LogP contribution in [0.2, 0.25) is 0 Å². The lowest BCUT2D eigenvalue weighted by Gasteiger charge is -1.85. The SMILES string of the molecule is NCc1ncc(-c2ccco2)s1. The van der Waals surface area contributed by atoms with E-state index in [0.717, 1.165) is 15.6 Å². The van der Waals surface area contributed by atoms with Crippen LogP contribution in [0.3, 0.4) is 0 Å². The normalized spacial score (nSPS) is 10.4. The fourth-order valence-electron chi connectivity index (χ4n) is 0.937. The van der Waals surface area contributed by atoms with Crippen LogP contribution in [0.4, 0.5) is 0 Å². The Kier molecular flexibility index (Phi) is 1.93. The molecule has 0 aromatic carbocycles. The summed E-state index contributed by atoms with van der Waals surface area (Å²) in [5.74, 6) is 0.854. The Hall–Kier alpha value is -1.13. The largest absolute Gasteiger partial charge is 0.463 e. The molecular formula is C8H8N2OS. The van der Waals surface area contributed by atoms with E-state index in [2.05, 4.69) is 4.98 Å². The van der Waals surface area contributed by atoms with Gasteiger partial charge in [-0.2, -0.15) is 0 Å². The van der Waals surface area contributed by atoms with Crippen LogP contribution < -0.4 is 5.73 Å². The highest BCUT2D eigenvalue weighted by Gasteiger charge is 2.04. The second-order valence-electron chi connectivity index (χ2n) is 2.30. The van der Waals surface area contributed by atoms with Crippen molar-refractivity contribution in [2.45, 2.75) is 6.54 Å². The lowest BCUT2D eigenvalue weighted by Crippen LogP contribution is -1.93. The van der Waals surface area contributed by atoms with Gasteiger partial charge in [0.1, 0.15) is 10.8 Å². The molecule has 0 spiro atoms. The lowest BCUT2D eigenvalue weighted by molar-refractivity contribution is 0.583. The highest BCUT2D eigenvalue weighted by atomic mass is 32.1. The molecule has 2 rings (SSSR count). The fourth-order valence-corrected chi connectivity index (χ4v) is 1.70. The fraction of sp³-hybridized carbons (Fsp3) is 0.125. The molecule has 0 unspecified atom stereocenters. The monoisotopic (exact) mass is 180 g/mol. The number of nitrogens with zero attached hydrogens (tertiary/aromatic N) is 1. The Balaban J connectivity index is 2.35. The van der Waals surface area contributed by atoms with Gasteiger partial charge in [-0.25, -0.2) is 4.98 Å². The van der Waals surface area contributed by atoms with Crippen LogP contribution in [0.15, 0.2) is 29.0 Å². The van der Waals surface area contributed by atoms with Crippen LogP contribution in [-0.4, -0.2) is 4.98 Å². The number of hydrogen-bond acceptors (Lipinski definition) is 4. The minimum Gasteiger partial charge on any atom is -0.463 e. The molecule has 12 heavy (non-hydrogen) atoms. The third-order valence-corrected chi connectivity index (χ3v) is 2.53. The van der Waals surface area contributed by atoms with Gasteiger partial charge in [0.05, 0.1) is 11.1 Å². The Morgan fingerprint density at radius 3 is 3.08 bits per heavy atom. The Morgan fingerprint density at radius 2 is 2.50 bits per heavy atom. The van der Waals surface area contributed by atoms with Crippen LogP contribution in [0.25, 0.3) is 10.6 Å². The van der Waals surface area contributed by atoms with Crippen molar-refractivity contribution >= 4 is 11.3 Å². The first-order valence-electron chi connectivity index (χ1n) is 3.59. The maximum Gasteiger partial charge on any atom is 0.145 e. The molecule has 0 aliphatic heterocycles. The topological polar surface area (TPSA) is 52.0 Å². The van der Waals surface area contributed by atoms with Crippen LogP contribution in [0, 0.1) is 0 Å². The van der Waals surface area contributed by atoms with E-state index < -0.39 is 0 Å². The molecule has 2 aromatic rings. The summed E-state index contributed by atoms with van der Waals surface area (Å²) >= 11 is 1.56. The van der Waals surface area contributed by atoms with Crippen molar-refractivity contribution in [1.82, 2.24) is 4.98 Å². The molecule has 0 aliphatic rings. The summed E-state index contributed by atoms with van der Waals surface area (Å²) in [6.45, 7) is 0.491. The molecule has 0 saturated heterocycles. The average Bonchev–Trinajstić information content (AvgIpc) is 2.75. The van der Waals surface area contributed by atoms with E-state index in [4.69, 9.17) is 10.2 Å². The molecule has 0 saturated carbocycles. The van der Waals surface area contributed by atoms with Crippen molar-refractivity contribution in [3.8, 4) is 10.6 Å². The van der Waals surface area contributed by atoms with Gasteiger partial charge in [0.25, 0.3) is 0 Å². The molecule has 4 heteroatoms. The number of rotatable bonds is 2. The number of thiazole rings is 1. The van der Waals surface area contributed by atoms with Crippen LogP contribution >= 0.6 is 11.3 Å². The molecule has 3 nitrogen and oxygen atoms in total. The highest BCUT2D eigenvalue weighted by Crippen LogP contribution is 2.25. The summed E-state index contributed by atoms with van der Waals surface area (Å²) in [6.07, 6.45) is 3.43. The van der Waals surface area contributed by atoms with Gasteiger partial charge in [0.15, 0.2) is 0 Å². The van der Waals surface area contributed by atoms with Gasteiger partial charge >= 0.3 is 0 Å². The number of furan rings is 1. The van der Waals surface area contributed by atoms with Gasteiger partial charge in [-0.3, -0.25) is 0 Å². The molecule has 0 atom stereocenters. The van der Waals surface area contributed by atoms with Crippen molar-refractivity contribution in [1.29, 1.82) is 0 Å². The molecular weight excluding hydrogens is 172 g/mol. The van der Waals surface area contributed by atoms with Gasteiger partial charge in [-0.1, -0.05) is 0 Å². The van der Waals surface area contributed by atoms with E-state index in [-0.39, 0.29) is 0 Å². The van der Waals surface area contributed by atoms with Crippen molar-refractivity contribution in [3.05, 3.63) is 29.6 Å². The second kappa shape index (κ2) is 3.08. The van der Waals surface area contributed by atoms with Crippen LogP contribution in [0.1, 0.15) is 5.01 Å². The van der Waals surface area contributed by atoms with E-state index in [1.54, 1.807) is 23.8 Å². The molecule has 62 valence electrons. The Bertz CT molecular complexity index is 353. The zero-order valence-electron chi connectivity index (χ0n) is 6.36. The van der Waals surface area contributed by atoms with Crippen molar-refractivity contribution in [2.75, 3.05) is 0 Å². The molecule has 0 bridgehead atoms. The van der Waals surface area contributed by atoms with Gasteiger partial charge in [-0.05, 0) is 12.1 Å². The van der Waals surface area contributed by atoms with Crippen molar-refractivity contribution in [2.24, 2.45) is 5.73 Å². The predicted octanol–water partition coefficient (Wildman–Crippen LogP) is 1.86. The standard InChI is InChI=1S/C8H8N2OS/c9-4-8-10-5-7(12-8)6-2-1-3-11-6/h1-3,5H,4,9H2. The summed E-state index contributed by atoms with van der Waals surface area (Å²) in [5.41, 5.74) is 5.43. The smallest absolute Gasteiger partial charge is 0.145 e. The highest BCUT2D eigenvalue weighted by molar-refractivity contribution is 7.15. The zero-order chi connectivity index (χ0) is 8.39. The molecule has 0 fully saturated rings. The van der Waals surface area contributed by atoms with E-state index in [1.807, 2.05) is 12.1 Å². The molecule has 0 radical (unpaired) electrons. The quantitative estimate of drug-likeness (QED) is 0.767. The molecule has 0 aliphatic carbocycles. The predicted molar refractivity (Wildman–Crippen MR) is 47.7 cm³/mol. The maximum absolute atomic E-state index is 5.43. The van der Waals surface area contributed by atoms with E-state index in [1.165, 1.54) is 0 Å². The van der Waals surface area contributed by atoms with Crippen LogP contribution in [-0.2, 0) is 6.54 Å². The van der Waals surface area contributed by atoms with E-state index >= 15 is 0 Å². The summed E-state index contributed by atoms with van der Waals surface area (Å²) < 4.78 is 5.21. The van der Waals surface area contributed by atoms with Crippen molar-refractivity contribution in [3.63, 3.8) is 0 Å². The second-order valence-corrected chi connectivity index (χ2v) is 3.41. The first kappa shape index (κ1) is 7.52. The number of hydrogen-bond donors (Lipinski definition) is 1. The summed E-state index contributed by atoms with van der Waals surface area (Å²) in [4.78, 5) is 5.15. The molecule has 0 amide bonds. The van der Waals surface area contributed by atoms with Crippen LogP contribution in [0.5, 0.6) is 0 Å². The van der Waals surface area contributed by atoms with E-state index in [0.29, 0.717) is 6.54 Å². The molecule has 2 N–H and O–H groups in total. The maximum atomic E-state index is 5.43. The van der Waals surface area contributed by atoms with Gasteiger partial charge < -0.3 is 10.2 Å². The van der Waals surface area contributed by atoms with Gasteiger partial charge in [0.2, 0.25) is 0 Å². The number of aromatic nitrogens is 1. The summed E-state index contributed by atoms with van der Waals surface area (Å²) in [7, 11) is 0. The first-order valence-corrected chi connectivity index (χ1v) is 4.40. The van der Waals surface area contributed by atoms with E-state index in [9.17, 15) is 0 Å². The summed E-state index contributed by atoms with van der Waals surface area (Å²) in [5, 5.41) is 0.932. The lowest BCUT2D eigenvalue weighted by atomic mass is 10.4. The first-order chi connectivity index (χ1) is 5.90. The third kappa shape index (κ3) is 1.26. The average molecular weight is 180 g/mol. The third-order valence-electron chi connectivity index (χ3n) is 1.49. The van der Waals surface area contributed by atoms with Gasteiger partial charge in [0, 0.05) is 12.7 Å². The number of nitrogens with two attached hydrogens (primary N) is 1. The Labute approximate surface area is 73.8 Å². The van der Waals surface area contributed by atoms with Gasteiger partial charge in [-0.15, -0.1) is 11.3 Å². The summed E-state index contributed by atoms with van der Waals surface area (Å²) in [6, 6.07) is 3.77. The Morgan fingerprint density at radius 1 is 1.58 bits per heavy atom. The molecule has 2 heterocycles. The minimum atomic E-state index is 0.491.